The van der Waals surface area contributed by atoms with Crippen LogP contribution in [0.2, 0.25) is 0 Å². The molecule has 88 valence electrons. The molecule has 0 fully saturated rings. The van der Waals surface area contributed by atoms with Crippen LogP contribution in [0.3, 0.4) is 0 Å². The number of ether oxygens (including phenoxy) is 1. The Morgan fingerprint density at radius 3 is 2.75 bits per heavy atom. The van der Waals surface area contributed by atoms with Crippen LogP contribution in [0.25, 0.3) is 0 Å². The van der Waals surface area contributed by atoms with Gasteiger partial charge in [-0.2, -0.15) is 0 Å². The van der Waals surface area contributed by atoms with E-state index in [-0.39, 0.29) is 6.04 Å². The Balaban J connectivity index is 2.75. The molecule has 2 nitrogen and oxygen atoms in total. The maximum Gasteiger partial charge on any atom is 0.120 e. The van der Waals surface area contributed by atoms with Crippen molar-refractivity contribution in [3.63, 3.8) is 0 Å². The van der Waals surface area contributed by atoms with Crippen LogP contribution in [0.15, 0.2) is 33.7 Å². The predicted octanol–water partition coefficient (Wildman–Crippen LogP) is 4.02. The third-order valence-corrected chi connectivity index (χ3v) is 3.24. The highest BCUT2D eigenvalue weighted by molar-refractivity contribution is 9.11. The van der Waals surface area contributed by atoms with Crippen LogP contribution in [0, 0.1) is 0 Å². The first-order valence-electron chi connectivity index (χ1n) is 4.94. The normalized spacial score (nSPS) is 12.2. The van der Waals surface area contributed by atoms with Crippen LogP contribution in [0.5, 0.6) is 5.75 Å². The van der Waals surface area contributed by atoms with Crippen LogP contribution >= 0.6 is 31.9 Å². The molecule has 1 rings (SSSR count). The Morgan fingerprint density at radius 2 is 2.25 bits per heavy atom. The zero-order valence-corrected chi connectivity index (χ0v) is 12.6. The molecule has 1 N–H and O–H groups in total. The molecule has 4 heteroatoms. The lowest BCUT2D eigenvalue weighted by atomic mass is 10.1. The van der Waals surface area contributed by atoms with E-state index in [1.54, 1.807) is 7.11 Å². The first-order valence-corrected chi connectivity index (χ1v) is 6.53. The molecule has 0 spiro atoms. The molecule has 0 heterocycles. The van der Waals surface area contributed by atoms with Crippen LogP contribution in [0.1, 0.15) is 18.5 Å². The standard InChI is InChI=1S/C12H15Br2NO/c1-8(13)7-15-9(2)11-5-4-10(16-3)6-12(11)14/h4-6,9,15H,1,7H2,2-3H3. The van der Waals surface area contributed by atoms with Gasteiger partial charge in [-0.1, -0.05) is 44.5 Å². The summed E-state index contributed by atoms with van der Waals surface area (Å²) >= 11 is 6.87. The molecular formula is C12H15Br2NO. The molecule has 0 aliphatic heterocycles. The quantitative estimate of drug-likeness (QED) is 0.867. The molecule has 0 aliphatic carbocycles. The fraction of sp³-hybridized carbons (Fsp3) is 0.333. The van der Waals surface area contributed by atoms with Gasteiger partial charge in [0.25, 0.3) is 0 Å². The Morgan fingerprint density at radius 1 is 1.56 bits per heavy atom. The number of halogens is 2. The average Bonchev–Trinajstić information content (AvgIpc) is 2.25. The minimum absolute atomic E-state index is 0.259. The number of methoxy groups -OCH3 is 1. The van der Waals surface area contributed by atoms with Gasteiger partial charge in [-0.25, -0.2) is 0 Å². The van der Waals surface area contributed by atoms with Crippen molar-refractivity contribution in [1.29, 1.82) is 0 Å². The zero-order valence-electron chi connectivity index (χ0n) is 9.39. The Kier molecular flexibility index (Phi) is 5.52. The van der Waals surface area contributed by atoms with E-state index in [4.69, 9.17) is 4.74 Å². The highest BCUT2D eigenvalue weighted by atomic mass is 79.9. The van der Waals surface area contributed by atoms with Crippen molar-refractivity contribution in [2.24, 2.45) is 0 Å². The Labute approximate surface area is 113 Å². The van der Waals surface area contributed by atoms with Gasteiger partial charge in [0.15, 0.2) is 0 Å². The summed E-state index contributed by atoms with van der Waals surface area (Å²) in [4.78, 5) is 0. The zero-order chi connectivity index (χ0) is 12.1. The van der Waals surface area contributed by atoms with E-state index in [2.05, 4.69) is 56.7 Å². The van der Waals surface area contributed by atoms with Gasteiger partial charge < -0.3 is 10.1 Å². The van der Waals surface area contributed by atoms with E-state index in [9.17, 15) is 0 Å². The molecule has 1 unspecified atom stereocenters. The van der Waals surface area contributed by atoms with Gasteiger partial charge in [0.2, 0.25) is 0 Å². The fourth-order valence-electron chi connectivity index (χ4n) is 1.36. The topological polar surface area (TPSA) is 21.3 Å². The molecule has 0 bridgehead atoms. The van der Waals surface area contributed by atoms with Crippen LogP contribution in [0.4, 0.5) is 0 Å². The number of hydrogen-bond donors (Lipinski definition) is 1. The van der Waals surface area contributed by atoms with Gasteiger partial charge in [-0.05, 0) is 24.6 Å². The van der Waals surface area contributed by atoms with Gasteiger partial charge in [-0.15, -0.1) is 0 Å². The largest absolute Gasteiger partial charge is 0.497 e. The molecule has 1 aromatic rings. The molecule has 1 aromatic carbocycles. The van der Waals surface area contributed by atoms with Crippen molar-refractivity contribution >= 4 is 31.9 Å². The molecule has 0 aromatic heterocycles. The summed E-state index contributed by atoms with van der Waals surface area (Å²) in [7, 11) is 1.66. The second-order valence-corrected chi connectivity index (χ2v) is 5.48. The lowest BCUT2D eigenvalue weighted by Gasteiger charge is -2.16. The van der Waals surface area contributed by atoms with Gasteiger partial charge >= 0.3 is 0 Å². The molecule has 0 saturated carbocycles. The first-order chi connectivity index (χ1) is 7.54. The number of benzene rings is 1. The third kappa shape index (κ3) is 3.92. The lowest BCUT2D eigenvalue weighted by Crippen LogP contribution is -2.20. The minimum atomic E-state index is 0.259. The summed E-state index contributed by atoms with van der Waals surface area (Å²) in [5.74, 6) is 0.854. The van der Waals surface area contributed by atoms with Gasteiger partial charge in [0.05, 0.1) is 7.11 Å². The van der Waals surface area contributed by atoms with Gasteiger partial charge in [-0.3, -0.25) is 0 Å². The molecule has 0 radical (unpaired) electrons. The second kappa shape index (κ2) is 6.42. The average molecular weight is 349 g/mol. The van der Waals surface area contributed by atoms with E-state index in [1.165, 1.54) is 5.56 Å². The summed E-state index contributed by atoms with van der Waals surface area (Å²) in [5, 5.41) is 3.36. The van der Waals surface area contributed by atoms with Crippen LogP contribution in [-0.4, -0.2) is 13.7 Å². The number of hydrogen-bond acceptors (Lipinski definition) is 2. The van der Waals surface area contributed by atoms with Gasteiger partial charge in [0.1, 0.15) is 5.75 Å². The highest BCUT2D eigenvalue weighted by Crippen LogP contribution is 2.27. The van der Waals surface area contributed by atoms with Crippen LogP contribution in [-0.2, 0) is 0 Å². The van der Waals surface area contributed by atoms with Crippen molar-refractivity contribution in [3.8, 4) is 5.75 Å². The maximum absolute atomic E-state index is 5.16. The Bertz CT molecular complexity index is 379. The summed E-state index contributed by atoms with van der Waals surface area (Å²) in [6.45, 7) is 6.66. The molecule has 16 heavy (non-hydrogen) atoms. The van der Waals surface area contributed by atoms with E-state index in [0.29, 0.717) is 0 Å². The van der Waals surface area contributed by atoms with Gasteiger partial charge in [0, 0.05) is 21.5 Å². The fourth-order valence-corrected chi connectivity index (χ4v) is 2.22. The maximum atomic E-state index is 5.16. The third-order valence-electron chi connectivity index (χ3n) is 2.27. The SMILES string of the molecule is C=C(Br)CNC(C)c1ccc(OC)cc1Br. The molecule has 0 amide bonds. The van der Waals surface area contributed by atoms with Crippen LogP contribution < -0.4 is 10.1 Å². The van der Waals surface area contributed by atoms with E-state index in [1.807, 2.05) is 12.1 Å². The highest BCUT2D eigenvalue weighted by Gasteiger charge is 2.09. The Hall–Kier alpha value is -0.320. The van der Waals surface area contributed by atoms with Crippen molar-refractivity contribution < 1.29 is 4.74 Å². The summed E-state index contributed by atoms with van der Waals surface area (Å²) in [5.41, 5.74) is 1.20. The smallest absolute Gasteiger partial charge is 0.120 e. The minimum Gasteiger partial charge on any atom is -0.497 e. The summed E-state index contributed by atoms with van der Waals surface area (Å²) in [6.07, 6.45) is 0. The van der Waals surface area contributed by atoms with E-state index in [0.717, 1.165) is 21.2 Å². The van der Waals surface area contributed by atoms with Crippen molar-refractivity contribution in [3.05, 3.63) is 39.3 Å². The molecule has 0 saturated heterocycles. The summed E-state index contributed by atoms with van der Waals surface area (Å²) < 4.78 is 7.15. The molecule has 0 aliphatic rings. The van der Waals surface area contributed by atoms with Crippen molar-refractivity contribution in [2.75, 3.05) is 13.7 Å². The van der Waals surface area contributed by atoms with E-state index < -0.39 is 0 Å². The van der Waals surface area contributed by atoms with Crippen molar-refractivity contribution in [2.45, 2.75) is 13.0 Å². The van der Waals surface area contributed by atoms with E-state index >= 15 is 0 Å². The van der Waals surface area contributed by atoms with Crippen molar-refractivity contribution in [1.82, 2.24) is 5.32 Å². The molecule has 1 atom stereocenters. The summed E-state index contributed by atoms with van der Waals surface area (Å²) in [6, 6.07) is 6.24. The first kappa shape index (κ1) is 13.7. The predicted molar refractivity (Wildman–Crippen MR) is 75.2 cm³/mol. The second-order valence-electron chi connectivity index (χ2n) is 3.51. The number of nitrogens with one attached hydrogen (secondary N) is 1. The lowest BCUT2D eigenvalue weighted by molar-refractivity contribution is 0.414. The monoisotopic (exact) mass is 347 g/mol. The number of rotatable bonds is 5. The molecular weight excluding hydrogens is 334 g/mol.